The van der Waals surface area contributed by atoms with Crippen molar-refractivity contribution in [3.05, 3.63) is 88.9 Å². The minimum atomic E-state index is -0.428. The number of carbonyl (C=O) groups excluding carboxylic acids is 1. The number of benzene rings is 3. The molecular weight excluding hydrogens is 461 g/mol. The second-order valence-electron chi connectivity index (χ2n) is 8.59. The molecule has 184 valence electrons. The van der Waals surface area contributed by atoms with Gasteiger partial charge in [0.2, 0.25) is 0 Å². The van der Waals surface area contributed by atoms with Crippen molar-refractivity contribution >= 4 is 5.91 Å². The fourth-order valence-corrected chi connectivity index (χ4v) is 4.60. The first-order chi connectivity index (χ1) is 17.4. The van der Waals surface area contributed by atoms with Crippen LogP contribution in [0, 0.1) is 5.82 Å². The van der Waals surface area contributed by atoms with Crippen molar-refractivity contribution in [2.24, 2.45) is 0 Å². The van der Waals surface area contributed by atoms with Crippen molar-refractivity contribution < 1.29 is 23.4 Å². The first-order valence-corrected chi connectivity index (χ1v) is 11.5. The summed E-state index contributed by atoms with van der Waals surface area (Å²) in [5, 5.41) is 4.64. The molecular formula is C28H26FN3O4. The molecule has 1 aliphatic carbocycles. The molecule has 5 rings (SSSR count). The van der Waals surface area contributed by atoms with Crippen molar-refractivity contribution in [2.75, 3.05) is 28.4 Å². The summed E-state index contributed by atoms with van der Waals surface area (Å²) in [4.78, 5) is 15.3. The Labute approximate surface area is 208 Å². The van der Waals surface area contributed by atoms with Gasteiger partial charge in [-0.1, -0.05) is 24.3 Å². The highest BCUT2D eigenvalue weighted by molar-refractivity contribution is 5.97. The monoisotopic (exact) mass is 487 g/mol. The minimum absolute atomic E-state index is 0.246. The molecule has 1 aliphatic rings. The quantitative estimate of drug-likeness (QED) is 0.327. The Morgan fingerprint density at radius 1 is 1.00 bits per heavy atom. The molecule has 1 amide bonds. The number of amides is 1. The van der Waals surface area contributed by atoms with E-state index in [1.807, 2.05) is 36.4 Å². The van der Waals surface area contributed by atoms with Crippen LogP contribution in [0.4, 0.5) is 4.39 Å². The number of fused-ring (bicyclic) bond motifs is 3. The maximum Gasteiger partial charge on any atom is 0.274 e. The molecule has 8 heteroatoms. The third-order valence-corrected chi connectivity index (χ3v) is 6.42. The van der Waals surface area contributed by atoms with E-state index in [2.05, 4.69) is 5.10 Å². The molecule has 0 spiro atoms. The number of hydrogen-bond acceptors (Lipinski definition) is 5. The van der Waals surface area contributed by atoms with Gasteiger partial charge in [-0.2, -0.15) is 5.10 Å². The summed E-state index contributed by atoms with van der Waals surface area (Å²) in [7, 11) is 6.49. The second kappa shape index (κ2) is 9.37. The predicted octanol–water partition coefficient (Wildman–Crippen LogP) is 4.88. The topological polar surface area (TPSA) is 65.8 Å². The van der Waals surface area contributed by atoms with Gasteiger partial charge in [-0.15, -0.1) is 0 Å². The molecule has 1 aromatic heterocycles. The molecule has 0 saturated heterocycles. The van der Waals surface area contributed by atoms with Crippen LogP contribution in [-0.4, -0.2) is 49.0 Å². The Hall–Kier alpha value is -4.33. The van der Waals surface area contributed by atoms with Gasteiger partial charge < -0.3 is 19.1 Å². The summed E-state index contributed by atoms with van der Waals surface area (Å²) < 4.78 is 32.6. The Balaban J connectivity index is 1.59. The molecule has 0 bridgehead atoms. The highest BCUT2D eigenvalue weighted by Gasteiger charge is 2.34. The largest absolute Gasteiger partial charge is 0.497 e. The van der Waals surface area contributed by atoms with E-state index in [4.69, 9.17) is 14.2 Å². The average molecular weight is 488 g/mol. The van der Waals surface area contributed by atoms with E-state index in [9.17, 15) is 9.18 Å². The Morgan fingerprint density at radius 2 is 1.69 bits per heavy atom. The Kier molecular flexibility index (Phi) is 6.10. The fraction of sp³-hybridized carbons (Fsp3) is 0.214. The van der Waals surface area contributed by atoms with Crippen LogP contribution < -0.4 is 14.2 Å². The van der Waals surface area contributed by atoms with E-state index in [1.54, 1.807) is 51.5 Å². The van der Waals surface area contributed by atoms with Crippen molar-refractivity contribution in [3.8, 4) is 34.2 Å². The number of carbonyl (C=O) groups is 1. The van der Waals surface area contributed by atoms with Crippen molar-refractivity contribution in [1.82, 2.24) is 14.7 Å². The fourth-order valence-electron chi connectivity index (χ4n) is 4.60. The standard InChI is InChI=1S/C28H26FN3O4/c1-31(16-17-9-11-19(34-2)12-10-17)28(33)26-21-13-18-14-24(35-3)25(36-4)15-20(18)27(21)32(30-26)23-8-6-5-7-22(23)29/h5-12,14-15H,13,16H2,1-4H3. The molecule has 1 heterocycles. The van der Waals surface area contributed by atoms with Crippen LogP contribution in [0.1, 0.15) is 27.2 Å². The molecule has 7 nitrogen and oxygen atoms in total. The molecule has 0 atom stereocenters. The van der Waals surface area contributed by atoms with Gasteiger partial charge in [0.15, 0.2) is 17.2 Å². The number of nitrogens with zero attached hydrogens (tertiary/aromatic N) is 3. The predicted molar refractivity (Wildman–Crippen MR) is 134 cm³/mol. The molecule has 0 N–H and O–H groups in total. The zero-order valence-electron chi connectivity index (χ0n) is 20.5. The maximum absolute atomic E-state index is 14.9. The van der Waals surface area contributed by atoms with E-state index >= 15 is 0 Å². The molecule has 36 heavy (non-hydrogen) atoms. The summed E-state index contributed by atoms with van der Waals surface area (Å²) in [6.07, 6.45) is 0.469. The molecule has 0 aliphatic heterocycles. The van der Waals surface area contributed by atoms with Crippen molar-refractivity contribution in [1.29, 1.82) is 0 Å². The third kappa shape index (κ3) is 3.94. The normalized spacial score (nSPS) is 11.6. The van der Waals surface area contributed by atoms with E-state index in [-0.39, 0.29) is 11.6 Å². The van der Waals surface area contributed by atoms with Crippen LogP contribution in [0.5, 0.6) is 17.2 Å². The minimum Gasteiger partial charge on any atom is -0.497 e. The van der Waals surface area contributed by atoms with Gasteiger partial charge in [0, 0.05) is 31.1 Å². The van der Waals surface area contributed by atoms with Gasteiger partial charge in [0.05, 0.1) is 27.0 Å². The van der Waals surface area contributed by atoms with Gasteiger partial charge in [-0.3, -0.25) is 4.79 Å². The van der Waals surface area contributed by atoms with E-state index < -0.39 is 5.82 Å². The van der Waals surface area contributed by atoms with Crippen LogP contribution in [0.15, 0.2) is 60.7 Å². The van der Waals surface area contributed by atoms with E-state index in [0.717, 1.165) is 28.0 Å². The van der Waals surface area contributed by atoms with Gasteiger partial charge in [0.1, 0.15) is 17.3 Å². The number of para-hydroxylation sites is 1. The van der Waals surface area contributed by atoms with Crippen LogP contribution in [0.2, 0.25) is 0 Å². The molecule has 4 aromatic rings. The zero-order chi connectivity index (χ0) is 25.4. The van der Waals surface area contributed by atoms with E-state index in [1.165, 1.54) is 10.7 Å². The lowest BCUT2D eigenvalue weighted by Gasteiger charge is -2.17. The van der Waals surface area contributed by atoms with Crippen molar-refractivity contribution in [3.63, 3.8) is 0 Å². The molecule has 0 fully saturated rings. The Morgan fingerprint density at radius 3 is 2.36 bits per heavy atom. The summed E-state index contributed by atoms with van der Waals surface area (Å²) in [5.74, 6) is 1.22. The van der Waals surface area contributed by atoms with Gasteiger partial charge in [0.25, 0.3) is 5.91 Å². The number of aromatic nitrogens is 2. The summed E-state index contributed by atoms with van der Waals surface area (Å²) in [6, 6.07) is 17.7. The smallest absolute Gasteiger partial charge is 0.274 e. The number of ether oxygens (including phenoxy) is 3. The molecule has 3 aromatic carbocycles. The Bertz CT molecular complexity index is 1450. The van der Waals surface area contributed by atoms with Crippen LogP contribution in [-0.2, 0) is 13.0 Å². The van der Waals surface area contributed by atoms with Crippen LogP contribution >= 0.6 is 0 Å². The SMILES string of the molecule is COc1ccc(CN(C)C(=O)c2nn(-c3ccccc3F)c3c2Cc2cc(OC)c(OC)cc2-3)cc1. The zero-order valence-corrected chi connectivity index (χ0v) is 20.5. The highest BCUT2D eigenvalue weighted by Crippen LogP contribution is 2.45. The molecule has 0 saturated carbocycles. The summed E-state index contributed by atoms with van der Waals surface area (Å²) >= 11 is 0. The lowest BCUT2D eigenvalue weighted by atomic mass is 10.1. The molecule has 0 unspecified atom stereocenters. The van der Waals surface area contributed by atoms with Crippen LogP contribution in [0.3, 0.4) is 0 Å². The van der Waals surface area contributed by atoms with Gasteiger partial charge >= 0.3 is 0 Å². The van der Waals surface area contributed by atoms with Gasteiger partial charge in [-0.25, -0.2) is 9.07 Å². The number of rotatable bonds is 7. The summed E-state index contributed by atoms with van der Waals surface area (Å²) in [5.41, 5.74) is 4.72. The van der Waals surface area contributed by atoms with E-state index in [0.29, 0.717) is 35.9 Å². The number of methoxy groups -OCH3 is 3. The van der Waals surface area contributed by atoms with Crippen molar-refractivity contribution in [2.45, 2.75) is 13.0 Å². The highest BCUT2D eigenvalue weighted by atomic mass is 19.1. The third-order valence-electron chi connectivity index (χ3n) is 6.42. The first kappa shape index (κ1) is 23.4. The lowest BCUT2D eigenvalue weighted by molar-refractivity contribution is 0.0778. The number of hydrogen-bond donors (Lipinski definition) is 0. The average Bonchev–Trinajstić information content (AvgIpc) is 3.45. The molecule has 0 radical (unpaired) electrons. The lowest BCUT2D eigenvalue weighted by Crippen LogP contribution is -2.27. The van der Waals surface area contributed by atoms with Gasteiger partial charge in [-0.05, 0) is 47.5 Å². The number of halogens is 1. The van der Waals surface area contributed by atoms with Crippen LogP contribution in [0.25, 0.3) is 16.9 Å². The maximum atomic E-state index is 14.9. The second-order valence-corrected chi connectivity index (χ2v) is 8.59. The first-order valence-electron chi connectivity index (χ1n) is 11.5. The summed E-state index contributed by atoms with van der Waals surface area (Å²) in [6.45, 7) is 0.388.